The molecular weight excluding hydrogens is 517 g/mol. The van der Waals surface area contributed by atoms with Gasteiger partial charge in [0.15, 0.2) is 5.69 Å². The van der Waals surface area contributed by atoms with Crippen LogP contribution in [0.5, 0.6) is 11.5 Å². The van der Waals surface area contributed by atoms with Crippen LogP contribution in [-0.4, -0.2) is 27.5 Å². The third-order valence-corrected chi connectivity index (χ3v) is 7.17. The summed E-state index contributed by atoms with van der Waals surface area (Å²) in [6.45, 7) is 2.49. The number of aromatic nitrogens is 3. The van der Waals surface area contributed by atoms with Gasteiger partial charge in [-0.05, 0) is 50.1 Å². The fourth-order valence-corrected chi connectivity index (χ4v) is 5.24. The molecule has 8 nitrogen and oxygen atoms in total. The third kappa shape index (κ3) is 4.24. The van der Waals surface area contributed by atoms with E-state index in [2.05, 4.69) is 10.3 Å². The maximum Gasteiger partial charge on any atom is 0.359 e. The lowest BCUT2D eigenvalue weighted by molar-refractivity contribution is 0.0515. The molecule has 3 heterocycles. The molecule has 0 saturated heterocycles. The van der Waals surface area contributed by atoms with Crippen LogP contribution in [0.25, 0.3) is 22.5 Å². The van der Waals surface area contributed by atoms with Crippen LogP contribution in [0.3, 0.4) is 0 Å². The lowest BCUT2D eigenvalue weighted by Crippen LogP contribution is -2.12. The molecule has 2 aromatic heterocycles. The smallest absolute Gasteiger partial charge is 0.359 e. The summed E-state index contributed by atoms with van der Waals surface area (Å²) in [7, 11) is 1.79. The molecule has 1 aliphatic heterocycles. The lowest BCUT2D eigenvalue weighted by Gasteiger charge is -2.20. The Kier molecular flexibility index (Phi) is 6.09. The second kappa shape index (κ2) is 9.43. The van der Waals surface area contributed by atoms with E-state index in [1.807, 2.05) is 18.2 Å². The number of hydrogen-bond acceptors (Lipinski definition) is 7. The van der Waals surface area contributed by atoms with Gasteiger partial charge in [-0.3, -0.25) is 4.68 Å². The molecule has 2 aromatic carbocycles. The van der Waals surface area contributed by atoms with E-state index in [0.717, 1.165) is 35.4 Å². The first kappa shape index (κ1) is 23.9. The second-order valence-electron chi connectivity index (χ2n) is 9.00. The Morgan fingerprint density at radius 1 is 1.19 bits per heavy atom. The molecule has 0 unspecified atom stereocenters. The standard InChI is InChI=1S/C27H23Cl2N3O5/c1-3-34-27(33)24-17-12-36-21-10-9-15(11-16(21)25(17)32(2)30-24)35-13-18-23(31-37-26(18)14-7-8-14)22-19(28)5-4-6-20(22)29/h4-6,9-11,14H,3,7-8,12-13H2,1-2H3. The topological polar surface area (TPSA) is 88.6 Å². The van der Waals surface area contributed by atoms with Gasteiger partial charge in [-0.25, -0.2) is 4.79 Å². The summed E-state index contributed by atoms with van der Waals surface area (Å²) in [4.78, 5) is 12.4. The quantitative estimate of drug-likeness (QED) is 0.245. The van der Waals surface area contributed by atoms with E-state index in [1.54, 1.807) is 36.9 Å². The van der Waals surface area contributed by atoms with Gasteiger partial charge in [-0.2, -0.15) is 5.10 Å². The highest BCUT2D eigenvalue weighted by Gasteiger charge is 2.34. The monoisotopic (exact) mass is 539 g/mol. The van der Waals surface area contributed by atoms with Gasteiger partial charge >= 0.3 is 5.97 Å². The molecule has 0 atom stereocenters. The second-order valence-corrected chi connectivity index (χ2v) is 9.81. The van der Waals surface area contributed by atoms with Crippen LogP contribution in [0.15, 0.2) is 40.9 Å². The molecule has 1 aliphatic carbocycles. The van der Waals surface area contributed by atoms with Crippen molar-refractivity contribution >= 4 is 29.2 Å². The van der Waals surface area contributed by atoms with Crippen molar-refractivity contribution in [1.82, 2.24) is 14.9 Å². The fourth-order valence-electron chi connectivity index (χ4n) is 4.67. The number of aryl methyl sites for hydroxylation is 1. The van der Waals surface area contributed by atoms with Crippen LogP contribution in [0.1, 0.15) is 53.1 Å². The summed E-state index contributed by atoms with van der Waals surface area (Å²) >= 11 is 13.0. The molecule has 190 valence electrons. The number of carbonyl (C=O) groups is 1. The molecule has 4 aromatic rings. The Bertz CT molecular complexity index is 1500. The molecule has 0 bridgehead atoms. The summed E-state index contributed by atoms with van der Waals surface area (Å²) in [5, 5.41) is 9.72. The van der Waals surface area contributed by atoms with Crippen molar-refractivity contribution in [2.75, 3.05) is 6.61 Å². The van der Waals surface area contributed by atoms with E-state index >= 15 is 0 Å². The van der Waals surface area contributed by atoms with Crippen LogP contribution in [0.2, 0.25) is 10.0 Å². The number of fused-ring (bicyclic) bond motifs is 3. The molecule has 0 spiro atoms. The highest BCUT2D eigenvalue weighted by atomic mass is 35.5. The molecular formula is C27H23Cl2N3O5. The Morgan fingerprint density at radius 2 is 1.97 bits per heavy atom. The van der Waals surface area contributed by atoms with E-state index in [1.165, 1.54) is 0 Å². The predicted molar refractivity (Wildman–Crippen MR) is 137 cm³/mol. The third-order valence-electron chi connectivity index (χ3n) is 6.54. The van der Waals surface area contributed by atoms with Gasteiger partial charge in [0.1, 0.15) is 36.2 Å². The van der Waals surface area contributed by atoms with Crippen molar-refractivity contribution in [3.05, 3.63) is 69.0 Å². The first-order chi connectivity index (χ1) is 18.0. The zero-order valence-electron chi connectivity index (χ0n) is 20.2. The van der Waals surface area contributed by atoms with Crippen molar-refractivity contribution in [3.63, 3.8) is 0 Å². The number of rotatable bonds is 7. The minimum absolute atomic E-state index is 0.220. The molecule has 0 N–H and O–H groups in total. The van der Waals surface area contributed by atoms with Crippen LogP contribution in [0, 0.1) is 0 Å². The highest BCUT2D eigenvalue weighted by molar-refractivity contribution is 6.39. The number of carbonyl (C=O) groups excluding carboxylic acids is 1. The fraction of sp³-hybridized carbons (Fsp3) is 0.296. The number of nitrogens with zero attached hydrogens (tertiary/aromatic N) is 3. The van der Waals surface area contributed by atoms with Gasteiger partial charge in [0.05, 0.1) is 33.5 Å². The molecule has 37 heavy (non-hydrogen) atoms. The first-order valence-electron chi connectivity index (χ1n) is 12.0. The Hall–Kier alpha value is -3.49. The average molecular weight is 540 g/mol. The SMILES string of the molecule is CCOC(=O)c1nn(C)c2c1COc1ccc(OCc3c(-c4c(Cl)cccc4Cl)noc3C3CC3)cc1-2. The summed E-state index contributed by atoms with van der Waals surface area (Å²) in [5.41, 5.74) is 4.58. The number of ether oxygens (including phenoxy) is 3. The van der Waals surface area contributed by atoms with Gasteiger partial charge in [0.25, 0.3) is 0 Å². The number of esters is 1. The minimum atomic E-state index is -0.468. The van der Waals surface area contributed by atoms with Crippen molar-refractivity contribution in [3.8, 4) is 34.0 Å². The molecule has 6 rings (SSSR count). The summed E-state index contributed by atoms with van der Waals surface area (Å²) in [5.74, 6) is 1.96. The molecule has 1 fully saturated rings. The maximum atomic E-state index is 12.4. The number of benzene rings is 2. The molecule has 0 amide bonds. The maximum absolute atomic E-state index is 12.4. The normalized spacial score (nSPS) is 14.1. The largest absolute Gasteiger partial charge is 0.489 e. The molecule has 0 radical (unpaired) electrons. The van der Waals surface area contributed by atoms with Crippen LogP contribution < -0.4 is 9.47 Å². The van der Waals surface area contributed by atoms with Crippen molar-refractivity contribution in [2.45, 2.75) is 38.9 Å². The summed E-state index contributed by atoms with van der Waals surface area (Å²) in [6, 6.07) is 10.9. The van der Waals surface area contributed by atoms with Crippen molar-refractivity contribution in [1.29, 1.82) is 0 Å². The van der Waals surface area contributed by atoms with Gasteiger partial charge < -0.3 is 18.7 Å². The summed E-state index contributed by atoms with van der Waals surface area (Å²) < 4.78 is 24.8. The zero-order valence-corrected chi connectivity index (χ0v) is 21.7. The van der Waals surface area contributed by atoms with Gasteiger partial charge in [0, 0.05) is 24.1 Å². The van der Waals surface area contributed by atoms with E-state index < -0.39 is 5.97 Å². The van der Waals surface area contributed by atoms with Crippen molar-refractivity contribution in [2.24, 2.45) is 7.05 Å². The average Bonchev–Trinajstić information content (AvgIpc) is 3.56. The molecule has 2 aliphatic rings. The van der Waals surface area contributed by atoms with E-state index in [9.17, 15) is 4.79 Å². The Labute approximate surface area is 223 Å². The number of halogens is 2. The molecule has 1 saturated carbocycles. The van der Waals surface area contributed by atoms with Gasteiger partial charge in [0.2, 0.25) is 0 Å². The highest BCUT2D eigenvalue weighted by Crippen LogP contribution is 2.46. The zero-order chi connectivity index (χ0) is 25.7. The van der Waals surface area contributed by atoms with Crippen LogP contribution >= 0.6 is 23.2 Å². The Balaban J connectivity index is 1.33. The molecule has 10 heteroatoms. The van der Waals surface area contributed by atoms with Crippen LogP contribution in [0.4, 0.5) is 0 Å². The lowest BCUT2D eigenvalue weighted by atomic mass is 10.0. The van der Waals surface area contributed by atoms with E-state index in [0.29, 0.717) is 44.3 Å². The van der Waals surface area contributed by atoms with Gasteiger partial charge in [-0.1, -0.05) is 34.4 Å². The van der Waals surface area contributed by atoms with E-state index in [-0.39, 0.29) is 25.5 Å². The van der Waals surface area contributed by atoms with Gasteiger partial charge in [-0.15, -0.1) is 0 Å². The Morgan fingerprint density at radius 3 is 2.70 bits per heavy atom. The van der Waals surface area contributed by atoms with Crippen molar-refractivity contribution < 1.29 is 23.5 Å². The number of hydrogen-bond donors (Lipinski definition) is 0. The van der Waals surface area contributed by atoms with Crippen LogP contribution in [-0.2, 0) is 25.0 Å². The summed E-state index contributed by atoms with van der Waals surface area (Å²) in [6.07, 6.45) is 2.08. The predicted octanol–water partition coefficient (Wildman–Crippen LogP) is 6.57. The van der Waals surface area contributed by atoms with E-state index in [4.69, 9.17) is 41.9 Å². The minimum Gasteiger partial charge on any atom is -0.489 e. The first-order valence-corrected chi connectivity index (χ1v) is 12.8.